The van der Waals surface area contributed by atoms with Crippen LogP contribution in [0.3, 0.4) is 0 Å². The second-order valence-electron chi connectivity index (χ2n) is 3.60. The van der Waals surface area contributed by atoms with Crippen molar-refractivity contribution in [2.75, 3.05) is 5.32 Å². The Morgan fingerprint density at radius 3 is 3.00 bits per heavy atom. The molecular weight excluding hydrogens is 266 g/mol. The zero-order valence-corrected chi connectivity index (χ0v) is 11.0. The van der Waals surface area contributed by atoms with Gasteiger partial charge in [-0.2, -0.15) is 0 Å². The number of hydrogen-bond donors (Lipinski definition) is 1. The first-order chi connectivity index (χ1) is 7.72. The zero-order valence-electron chi connectivity index (χ0n) is 9.37. The first-order valence-electron chi connectivity index (χ1n) is 5.25. The summed E-state index contributed by atoms with van der Waals surface area (Å²) in [7, 11) is 0. The van der Waals surface area contributed by atoms with Crippen molar-refractivity contribution in [1.82, 2.24) is 9.55 Å². The van der Waals surface area contributed by atoms with Crippen molar-refractivity contribution in [3.05, 3.63) is 40.6 Å². The Morgan fingerprint density at radius 1 is 1.44 bits per heavy atom. The zero-order chi connectivity index (χ0) is 11.5. The van der Waals surface area contributed by atoms with Gasteiger partial charge in [0, 0.05) is 23.4 Å². The van der Waals surface area contributed by atoms with E-state index in [2.05, 4.69) is 50.7 Å². The summed E-state index contributed by atoms with van der Waals surface area (Å²) in [5.41, 5.74) is 2.25. The topological polar surface area (TPSA) is 29.9 Å². The molecular formula is C12H14BrN3. The van der Waals surface area contributed by atoms with E-state index in [0.29, 0.717) is 0 Å². The summed E-state index contributed by atoms with van der Waals surface area (Å²) < 4.78 is 3.15. The van der Waals surface area contributed by atoms with Crippen LogP contribution in [0.25, 0.3) is 0 Å². The Hall–Kier alpha value is -1.29. The Bertz CT molecular complexity index is 491. The first-order valence-corrected chi connectivity index (χ1v) is 6.05. The summed E-state index contributed by atoms with van der Waals surface area (Å²) in [6.07, 6.45) is 3.77. The van der Waals surface area contributed by atoms with E-state index in [0.717, 1.165) is 22.7 Å². The van der Waals surface area contributed by atoms with Crippen LogP contribution in [0.1, 0.15) is 12.5 Å². The predicted octanol–water partition coefficient (Wildman–Crippen LogP) is 3.72. The van der Waals surface area contributed by atoms with Crippen molar-refractivity contribution in [2.45, 2.75) is 20.4 Å². The van der Waals surface area contributed by atoms with Gasteiger partial charge in [-0.3, -0.25) is 0 Å². The van der Waals surface area contributed by atoms with Crippen LogP contribution in [-0.4, -0.2) is 9.55 Å². The van der Waals surface area contributed by atoms with Gasteiger partial charge in [-0.15, -0.1) is 0 Å². The molecule has 0 amide bonds. The molecule has 0 aliphatic heterocycles. The molecule has 4 heteroatoms. The standard InChI is InChI=1S/C12H14BrN3/c1-3-16-8-7-14-12(16)15-10-6-4-5-9(2)11(10)13/h4-8H,3H2,1-2H3,(H,14,15). The number of nitrogens with zero attached hydrogens (tertiary/aromatic N) is 2. The molecule has 0 unspecified atom stereocenters. The van der Waals surface area contributed by atoms with Crippen molar-refractivity contribution in [2.24, 2.45) is 0 Å². The van der Waals surface area contributed by atoms with Gasteiger partial charge in [-0.05, 0) is 41.4 Å². The van der Waals surface area contributed by atoms with Gasteiger partial charge in [-0.1, -0.05) is 12.1 Å². The van der Waals surface area contributed by atoms with Gasteiger partial charge in [0.1, 0.15) is 0 Å². The molecule has 0 bridgehead atoms. The summed E-state index contributed by atoms with van der Waals surface area (Å²) >= 11 is 3.57. The monoisotopic (exact) mass is 279 g/mol. The number of anilines is 2. The van der Waals surface area contributed by atoms with Crippen molar-refractivity contribution in [3.8, 4) is 0 Å². The molecule has 0 saturated carbocycles. The highest BCUT2D eigenvalue weighted by Crippen LogP contribution is 2.27. The lowest BCUT2D eigenvalue weighted by atomic mass is 10.2. The Morgan fingerprint density at radius 2 is 2.25 bits per heavy atom. The van der Waals surface area contributed by atoms with Gasteiger partial charge in [-0.25, -0.2) is 4.98 Å². The number of imidazole rings is 1. The van der Waals surface area contributed by atoms with Crippen LogP contribution < -0.4 is 5.32 Å². The normalized spacial score (nSPS) is 10.4. The highest BCUT2D eigenvalue weighted by atomic mass is 79.9. The fourth-order valence-corrected chi connectivity index (χ4v) is 1.92. The van der Waals surface area contributed by atoms with Crippen LogP contribution >= 0.6 is 15.9 Å². The van der Waals surface area contributed by atoms with E-state index in [9.17, 15) is 0 Å². The largest absolute Gasteiger partial charge is 0.325 e. The molecule has 3 nitrogen and oxygen atoms in total. The summed E-state index contributed by atoms with van der Waals surface area (Å²) in [4.78, 5) is 4.28. The summed E-state index contributed by atoms with van der Waals surface area (Å²) in [5, 5.41) is 3.32. The van der Waals surface area contributed by atoms with Crippen LogP contribution in [0.2, 0.25) is 0 Å². The van der Waals surface area contributed by atoms with Crippen LogP contribution in [0.4, 0.5) is 11.6 Å². The lowest BCUT2D eigenvalue weighted by Crippen LogP contribution is -2.02. The van der Waals surface area contributed by atoms with Gasteiger partial charge in [0.15, 0.2) is 0 Å². The van der Waals surface area contributed by atoms with Crippen LogP contribution in [0, 0.1) is 6.92 Å². The van der Waals surface area contributed by atoms with Gasteiger partial charge >= 0.3 is 0 Å². The molecule has 0 fully saturated rings. The van der Waals surface area contributed by atoms with Gasteiger partial charge in [0.2, 0.25) is 5.95 Å². The molecule has 1 aromatic carbocycles. The van der Waals surface area contributed by atoms with Crippen molar-refractivity contribution >= 4 is 27.6 Å². The van der Waals surface area contributed by atoms with Gasteiger partial charge in [0.25, 0.3) is 0 Å². The molecule has 0 aliphatic carbocycles. The average molecular weight is 280 g/mol. The molecule has 0 spiro atoms. The van der Waals surface area contributed by atoms with Crippen molar-refractivity contribution in [3.63, 3.8) is 0 Å². The molecule has 1 N–H and O–H groups in total. The minimum atomic E-state index is 0.869. The van der Waals surface area contributed by atoms with Gasteiger partial charge < -0.3 is 9.88 Å². The average Bonchev–Trinajstić information content (AvgIpc) is 2.72. The van der Waals surface area contributed by atoms with Crippen molar-refractivity contribution in [1.29, 1.82) is 0 Å². The number of aryl methyl sites for hydroxylation is 2. The molecule has 84 valence electrons. The maximum absolute atomic E-state index is 4.28. The molecule has 1 aromatic heterocycles. The smallest absolute Gasteiger partial charge is 0.207 e. The molecule has 16 heavy (non-hydrogen) atoms. The summed E-state index contributed by atoms with van der Waals surface area (Å²) in [6.45, 7) is 5.07. The number of nitrogens with one attached hydrogen (secondary N) is 1. The van der Waals surface area contributed by atoms with E-state index in [1.54, 1.807) is 6.20 Å². The maximum Gasteiger partial charge on any atom is 0.207 e. The number of halogens is 1. The fourth-order valence-electron chi connectivity index (χ4n) is 1.55. The Labute approximate surface area is 104 Å². The number of hydrogen-bond acceptors (Lipinski definition) is 2. The second kappa shape index (κ2) is 4.70. The van der Waals surface area contributed by atoms with E-state index in [-0.39, 0.29) is 0 Å². The molecule has 0 saturated heterocycles. The van der Waals surface area contributed by atoms with Crippen LogP contribution in [0.15, 0.2) is 35.1 Å². The minimum Gasteiger partial charge on any atom is -0.325 e. The number of benzene rings is 1. The van der Waals surface area contributed by atoms with E-state index < -0.39 is 0 Å². The van der Waals surface area contributed by atoms with E-state index in [4.69, 9.17) is 0 Å². The maximum atomic E-state index is 4.28. The molecule has 2 aromatic rings. The highest BCUT2D eigenvalue weighted by molar-refractivity contribution is 9.10. The lowest BCUT2D eigenvalue weighted by molar-refractivity contribution is 0.771. The highest BCUT2D eigenvalue weighted by Gasteiger charge is 2.05. The van der Waals surface area contributed by atoms with E-state index in [1.165, 1.54) is 5.56 Å². The Kier molecular flexibility index (Phi) is 3.29. The first kappa shape index (κ1) is 11.2. The number of rotatable bonds is 3. The molecule has 0 radical (unpaired) electrons. The third kappa shape index (κ3) is 2.11. The summed E-state index contributed by atoms with van der Waals surface area (Å²) in [5.74, 6) is 0.869. The molecule has 1 heterocycles. The van der Waals surface area contributed by atoms with Crippen molar-refractivity contribution < 1.29 is 0 Å². The minimum absolute atomic E-state index is 0.869. The van der Waals surface area contributed by atoms with Crippen LogP contribution in [-0.2, 0) is 6.54 Å². The molecule has 0 aliphatic rings. The fraction of sp³-hybridized carbons (Fsp3) is 0.250. The summed E-state index contributed by atoms with van der Waals surface area (Å²) in [6, 6.07) is 6.13. The van der Waals surface area contributed by atoms with Gasteiger partial charge in [0.05, 0.1) is 5.69 Å². The Balaban J connectivity index is 2.30. The predicted molar refractivity (Wildman–Crippen MR) is 70.1 cm³/mol. The van der Waals surface area contributed by atoms with E-state index >= 15 is 0 Å². The van der Waals surface area contributed by atoms with E-state index in [1.807, 2.05) is 18.3 Å². The second-order valence-corrected chi connectivity index (χ2v) is 4.39. The van der Waals surface area contributed by atoms with Crippen LogP contribution in [0.5, 0.6) is 0 Å². The molecule has 2 rings (SSSR count). The number of aromatic nitrogens is 2. The lowest BCUT2D eigenvalue weighted by Gasteiger charge is -2.10. The SMILES string of the molecule is CCn1ccnc1Nc1cccc(C)c1Br. The third-order valence-electron chi connectivity index (χ3n) is 2.49. The quantitative estimate of drug-likeness (QED) is 0.928. The molecule has 0 atom stereocenters. The third-order valence-corrected chi connectivity index (χ3v) is 3.55.